The van der Waals surface area contributed by atoms with Gasteiger partial charge >= 0.3 is 6.03 Å². The van der Waals surface area contributed by atoms with E-state index >= 15 is 0 Å². The first-order valence-electron chi connectivity index (χ1n) is 6.50. The van der Waals surface area contributed by atoms with Crippen molar-refractivity contribution < 1.29 is 9.59 Å². The molecule has 0 fully saturated rings. The van der Waals surface area contributed by atoms with Crippen molar-refractivity contribution in [3.05, 3.63) is 52.5 Å². The molecule has 0 aliphatic rings. The van der Waals surface area contributed by atoms with Crippen LogP contribution in [0, 0.1) is 0 Å². The van der Waals surface area contributed by atoms with Crippen molar-refractivity contribution in [2.75, 3.05) is 14.9 Å². The number of hydrogen-bond donors (Lipinski definition) is 3. The lowest BCUT2D eigenvalue weighted by Crippen LogP contribution is -2.26. The van der Waals surface area contributed by atoms with Crippen LogP contribution in [0.15, 0.2) is 42.5 Å². The van der Waals surface area contributed by atoms with E-state index in [9.17, 15) is 9.59 Å². The summed E-state index contributed by atoms with van der Waals surface area (Å²) in [5, 5.41) is 5.86. The quantitative estimate of drug-likeness (QED) is 0.678. The Labute approximate surface area is 149 Å². The fourth-order valence-corrected chi connectivity index (χ4v) is 2.31. The van der Waals surface area contributed by atoms with Gasteiger partial charge in [0.15, 0.2) is 0 Å². The maximum absolute atomic E-state index is 12.2. The van der Waals surface area contributed by atoms with Gasteiger partial charge in [-0.1, -0.05) is 42.1 Å². The largest absolute Gasteiger partial charge is 0.336 e. The van der Waals surface area contributed by atoms with Crippen molar-refractivity contribution in [1.82, 2.24) is 0 Å². The van der Waals surface area contributed by atoms with Crippen LogP contribution in [0.2, 0.25) is 10.0 Å². The number of benzene rings is 2. The molecule has 2 rings (SSSR count). The highest BCUT2D eigenvalue weighted by molar-refractivity contribution is 7.82. The van der Waals surface area contributed by atoms with E-state index in [1.165, 1.54) is 6.92 Å². The van der Waals surface area contributed by atoms with Gasteiger partial charge in [-0.15, -0.1) is 0 Å². The minimum atomic E-state index is -0.496. The fourth-order valence-electron chi connectivity index (χ4n) is 1.77. The number of halogens is 2. The summed E-state index contributed by atoms with van der Waals surface area (Å²) in [7, 11) is 0. The van der Waals surface area contributed by atoms with E-state index in [2.05, 4.69) is 23.4 Å². The molecule has 0 aliphatic heterocycles. The SMILES string of the molecule is CC(=O)Nc1ccc(N(S)C(=O)Nc2cccc(Cl)c2Cl)cc1. The fraction of sp³-hybridized carbons (Fsp3) is 0.0667. The van der Waals surface area contributed by atoms with Gasteiger partial charge < -0.3 is 10.6 Å². The molecular formula is C15H13Cl2N3O2S. The Morgan fingerprint density at radius 2 is 1.70 bits per heavy atom. The minimum Gasteiger partial charge on any atom is -0.326 e. The lowest BCUT2D eigenvalue weighted by molar-refractivity contribution is -0.114. The summed E-state index contributed by atoms with van der Waals surface area (Å²) in [6.07, 6.45) is 0. The molecule has 23 heavy (non-hydrogen) atoms. The van der Waals surface area contributed by atoms with Gasteiger partial charge in [0.1, 0.15) is 0 Å². The normalized spacial score (nSPS) is 10.1. The van der Waals surface area contributed by atoms with Gasteiger partial charge in [0.2, 0.25) is 5.91 Å². The molecule has 2 N–H and O–H groups in total. The predicted octanol–water partition coefficient (Wildman–Crippen LogP) is 4.84. The molecule has 0 aromatic heterocycles. The first kappa shape index (κ1) is 17.5. The molecule has 0 bridgehead atoms. The minimum absolute atomic E-state index is 0.172. The molecule has 0 unspecified atom stereocenters. The summed E-state index contributed by atoms with van der Waals surface area (Å²) >= 11 is 16.1. The number of thiol groups is 1. The van der Waals surface area contributed by atoms with E-state index < -0.39 is 6.03 Å². The number of carbonyl (C=O) groups is 2. The molecule has 3 amide bonds. The Bertz CT molecular complexity index is 738. The number of anilines is 3. The Kier molecular flexibility index (Phi) is 5.76. The van der Waals surface area contributed by atoms with Gasteiger partial charge in [0.05, 0.1) is 21.4 Å². The average Bonchev–Trinajstić information content (AvgIpc) is 2.51. The zero-order valence-electron chi connectivity index (χ0n) is 12.0. The lowest BCUT2D eigenvalue weighted by Gasteiger charge is -2.17. The molecule has 8 heteroatoms. The van der Waals surface area contributed by atoms with Crippen molar-refractivity contribution in [2.45, 2.75) is 6.92 Å². The molecule has 0 spiro atoms. The zero-order chi connectivity index (χ0) is 17.0. The molecule has 120 valence electrons. The van der Waals surface area contributed by atoms with Crippen LogP contribution in [0.1, 0.15) is 6.92 Å². The van der Waals surface area contributed by atoms with Crippen LogP contribution in [-0.2, 0) is 4.79 Å². The molecule has 0 saturated carbocycles. The average molecular weight is 370 g/mol. The van der Waals surface area contributed by atoms with Crippen LogP contribution < -0.4 is 14.9 Å². The summed E-state index contributed by atoms with van der Waals surface area (Å²) in [5.41, 5.74) is 1.54. The van der Waals surface area contributed by atoms with E-state index in [1.807, 2.05) is 0 Å². The Morgan fingerprint density at radius 3 is 2.30 bits per heavy atom. The number of amides is 3. The second kappa shape index (κ2) is 7.59. The van der Waals surface area contributed by atoms with E-state index in [0.717, 1.165) is 4.31 Å². The van der Waals surface area contributed by atoms with Crippen LogP contribution in [-0.4, -0.2) is 11.9 Å². The van der Waals surface area contributed by atoms with Crippen LogP contribution in [0.3, 0.4) is 0 Å². The van der Waals surface area contributed by atoms with Gasteiger partial charge in [0, 0.05) is 12.6 Å². The molecule has 0 aliphatic carbocycles. The van der Waals surface area contributed by atoms with Crippen LogP contribution in [0.25, 0.3) is 0 Å². The maximum atomic E-state index is 12.2. The van der Waals surface area contributed by atoms with Gasteiger partial charge in [-0.25, -0.2) is 9.10 Å². The van der Waals surface area contributed by atoms with Crippen LogP contribution in [0.4, 0.5) is 21.9 Å². The summed E-state index contributed by atoms with van der Waals surface area (Å²) in [6, 6.07) is 11.1. The Morgan fingerprint density at radius 1 is 1.04 bits per heavy atom. The van der Waals surface area contributed by atoms with E-state index in [0.29, 0.717) is 22.1 Å². The summed E-state index contributed by atoms with van der Waals surface area (Å²) in [5.74, 6) is -0.172. The monoisotopic (exact) mass is 369 g/mol. The van der Waals surface area contributed by atoms with Gasteiger partial charge in [0.25, 0.3) is 0 Å². The van der Waals surface area contributed by atoms with Crippen molar-refractivity contribution in [3.8, 4) is 0 Å². The Balaban J connectivity index is 2.10. The Hall–Kier alpha value is -1.89. The number of carbonyl (C=O) groups excluding carboxylic acids is 2. The third kappa shape index (κ3) is 4.54. The molecule has 0 atom stereocenters. The summed E-state index contributed by atoms with van der Waals surface area (Å²) in [6.45, 7) is 1.42. The van der Waals surface area contributed by atoms with Crippen molar-refractivity contribution >= 4 is 65.0 Å². The van der Waals surface area contributed by atoms with Gasteiger partial charge in [-0.2, -0.15) is 0 Å². The predicted molar refractivity (Wildman–Crippen MR) is 97.7 cm³/mol. The smallest absolute Gasteiger partial charge is 0.326 e. The van der Waals surface area contributed by atoms with Gasteiger partial charge in [-0.3, -0.25) is 4.79 Å². The number of urea groups is 1. The second-order valence-corrected chi connectivity index (χ2v) is 5.76. The molecule has 0 heterocycles. The van der Waals surface area contributed by atoms with Crippen LogP contribution in [0.5, 0.6) is 0 Å². The van der Waals surface area contributed by atoms with Crippen molar-refractivity contribution in [1.29, 1.82) is 0 Å². The van der Waals surface area contributed by atoms with Gasteiger partial charge in [-0.05, 0) is 36.4 Å². The lowest BCUT2D eigenvalue weighted by atomic mass is 10.2. The first-order valence-corrected chi connectivity index (χ1v) is 7.65. The number of hydrogen-bond acceptors (Lipinski definition) is 3. The highest BCUT2D eigenvalue weighted by Crippen LogP contribution is 2.30. The summed E-state index contributed by atoms with van der Waals surface area (Å²) in [4.78, 5) is 23.2. The maximum Gasteiger partial charge on any atom is 0.336 e. The third-order valence-corrected chi connectivity index (χ3v) is 4.05. The highest BCUT2D eigenvalue weighted by Gasteiger charge is 2.14. The summed E-state index contributed by atoms with van der Waals surface area (Å²) < 4.78 is 1.12. The van der Waals surface area contributed by atoms with E-state index in [1.54, 1.807) is 42.5 Å². The number of nitrogens with one attached hydrogen (secondary N) is 2. The number of rotatable bonds is 3. The topological polar surface area (TPSA) is 61.4 Å². The second-order valence-electron chi connectivity index (χ2n) is 4.57. The molecule has 0 radical (unpaired) electrons. The standard InChI is InChI=1S/C15H13Cl2N3O2S/c1-9(21)18-10-5-7-11(8-6-10)20(23)15(22)19-13-4-2-3-12(16)14(13)17/h2-8,23H,1H3,(H,18,21)(H,19,22). The van der Waals surface area contributed by atoms with E-state index in [-0.39, 0.29) is 10.9 Å². The van der Waals surface area contributed by atoms with Crippen LogP contribution >= 0.6 is 36.0 Å². The third-order valence-electron chi connectivity index (χ3n) is 2.82. The number of nitrogens with zero attached hydrogens (tertiary/aromatic N) is 1. The highest BCUT2D eigenvalue weighted by atomic mass is 35.5. The van der Waals surface area contributed by atoms with E-state index in [4.69, 9.17) is 23.2 Å². The molecule has 2 aromatic carbocycles. The zero-order valence-corrected chi connectivity index (χ0v) is 14.4. The molecule has 2 aromatic rings. The first-order chi connectivity index (χ1) is 10.9. The van der Waals surface area contributed by atoms with Crippen molar-refractivity contribution in [3.63, 3.8) is 0 Å². The molecule has 5 nitrogen and oxygen atoms in total. The molecule has 0 saturated heterocycles. The van der Waals surface area contributed by atoms with Crippen molar-refractivity contribution in [2.24, 2.45) is 0 Å². The molecular weight excluding hydrogens is 357 g/mol.